The highest BCUT2D eigenvalue weighted by molar-refractivity contribution is 7.89. The van der Waals surface area contributed by atoms with Crippen molar-refractivity contribution in [3.63, 3.8) is 0 Å². The normalized spacial score (nSPS) is 25.5. The topological polar surface area (TPSA) is 75.7 Å². The largest absolute Gasteiger partial charge is 0.379 e. The first-order valence-corrected chi connectivity index (χ1v) is 12.1. The fraction of sp³-hybridized carbons (Fsp3) is 0.375. The summed E-state index contributed by atoms with van der Waals surface area (Å²) in [5.41, 5.74) is 4.00. The van der Waals surface area contributed by atoms with Gasteiger partial charge in [0.2, 0.25) is 10.0 Å². The molecule has 3 atom stereocenters. The predicted octanol–water partition coefficient (Wildman–Crippen LogP) is 3.74. The number of carbonyl (C=O) groups is 1. The second-order valence-corrected chi connectivity index (χ2v) is 10.4. The van der Waals surface area contributed by atoms with Crippen molar-refractivity contribution in [2.45, 2.75) is 30.2 Å². The Bertz CT molecular complexity index is 1130. The standard InChI is InChI=1S/C24H26N2O4S/c1-16(27)18-7-10-23-22(15-18)20-3-2-4-21(20)24(25-23)17-5-8-19(9-6-17)31(28,29)26-11-13-30-14-12-26/h2-3,5-10,15,20-21,24-25H,4,11-14H2,1H3/t20-,21+,24+/m1/s1. The van der Waals surface area contributed by atoms with E-state index in [-0.39, 0.29) is 17.7 Å². The van der Waals surface area contributed by atoms with Crippen molar-refractivity contribution in [1.82, 2.24) is 4.31 Å². The van der Waals surface area contributed by atoms with Crippen LogP contribution in [0.15, 0.2) is 59.5 Å². The summed E-state index contributed by atoms with van der Waals surface area (Å²) in [7, 11) is -3.50. The van der Waals surface area contributed by atoms with E-state index in [0.717, 1.165) is 28.8 Å². The lowest BCUT2D eigenvalue weighted by Gasteiger charge is -2.37. The number of anilines is 1. The molecule has 0 unspecified atom stereocenters. The van der Waals surface area contributed by atoms with Gasteiger partial charge in [-0.15, -0.1) is 0 Å². The minimum atomic E-state index is -3.50. The second-order valence-electron chi connectivity index (χ2n) is 8.42. The van der Waals surface area contributed by atoms with Crippen LogP contribution in [0.3, 0.4) is 0 Å². The van der Waals surface area contributed by atoms with Gasteiger partial charge in [-0.2, -0.15) is 4.31 Å². The Morgan fingerprint density at radius 2 is 1.84 bits per heavy atom. The van der Waals surface area contributed by atoms with E-state index < -0.39 is 10.0 Å². The summed E-state index contributed by atoms with van der Waals surface area (Å²) < 4.78 is 32.6. The van der Waals surface area contributed by atoms with Gasteiger partial charge in [0.1, 0.15) is 0 Å². The Morgan fingerprint density at radius 1 is 1.10 bits per heavy atom. The first-order valence-electron chi connectivity index (χ1n) is 10.7. The van der Waals surface area contributed by atoms with Crippen molar-refractivity contribution in [2.75, 3.05) is 31.6 Å². The van der Waals surface area contributed by atoms with Gasteiger partial charge >= 0.3 is 0 Å². The molecule has 0 spiro atoms. The number of benzene rings is 2. The second kappa shape index (κ2) is 7.89. The molecule has 0 radical (unpaired) electrons. The summed E-state index contributed by atoms with van der Waals surface area (Å²) in [5, 5.41) is 3.64. The zero-order valence-corrected chi connectivity index (χ0v) is 18.3. The zero-order chi connectivity index (χ0) is 21.6. The highest BCUT2D eigenvalue weighted by atomic mass is 32.2. The van der Waals surface area contributed by atoms with Crippen LogP contribution in [0.25, 0.3) is 0 Å². The van der Waals surface area contributed by atoms with Crippen LogP contribution in [-0.4, -0.2) is 44.8 Å². The number of ether oxygens (including phenoxy) is 1. The van der Waals surface area contributed by atoms with Gasteiger partial charge in [0.05, 0.1) is 24.2 Å². The fourth-order valence-electron chi connectivity index (χ4n) is 4.93. The Morgan fingerprint density at radius 3 is 2.55 bits per heavy atom. The zero-order valence-electron chi connectivity index (χ0n) is 17.5. The minimum absolute atomic E-state index is 0.0699. The van der Waals surface area contributed by atoms with E-state index in [1.807, 2.05) is 30.3 Å². The van der Waals surface area contributed by atoms with E-state index in [1.165, 1.54) is 4.31 Å². The van der Waals surface area contributed by atoms with E-state index in [9.17, 15) is 13.2 Å². The molecule has 7 heteroatoms. The van der Waals surface area contributed by atoms with Gasteiger partial charge in [0.15, 0.2) is 5.78 Å². The summed E-state index contributed by atoms with van der Waals surface area (Å²) in [6.45, 7) is 3.25. The maximum Gasteiger partial charge on any atom is 0.243 e. The van der Waals surface area contributed by atoms with E-state index >= 15 is 0 Å². The number of fused-ring (bicyclic) bond motifs is 3. The van der Waals surface area contributed by atoms with E-state index in [4.69, 9.17) is 4.74 Å². The fourth-order valence-corrected chi connectivity index (χ4v) is 6.33. The maximum atomic E-state index is 12.9. The van der Waals surface area contributed by atoms with Crippen molar-refractivity contribution in [2.24, 2.45) is 5.92 Å². The van der Waals surface area contributed by atoms with Crippen LogP contribution < -0.4 is 5.32 Å². The molecule has 2 aromatic carbocycles. The predicted molar refractivity (Wildman–Crippen MR) is 119 cm³/mol. The van der Waals surface area contributed by atoms with Crippen molar-refractivity contribution in [1.29, 1.82) is 0 Å². The van der Waals surface area contributed by atoms with Gasteiger partial charge in [-0.1, -0.05) is 24.3 Å². The molecule has 0 bridgehead atoms. The molecular formula is C24H26N2O4S. The Kier molecular flexibility index (Phi) is 5.20. The van der Waals surface area contributed by atoms with Crippen molar-refractivity contribution in [3.05, 3.63) is 71.3 Å². The highest BCUT2D eigenvalue weighted by Gasteiger charge is 2.38. The van der Waals surface area contributed by atoms with Crippen molar-refractivity contribution in [3.8, 4) is 0 Å². The van der Waals surface area contributed by atoms with Crippen LogP contribution in [0.4, 0.5) is 5.69 Å². The molecule has 6 nitrogen and oxygen atoms in total. The lowest BCUT2D eigenvalue weighted by molar-refractivity contribution is 0.0730. The number of hydrogen-bond donors (Lipinski definition) is 1. The van der Waals surface area contributed by atoms with Gasteiger partial charge in [0.25, 0.3) is 0 Å². The van der Waals surface area contributed by atoms with Crippen LogP contribution >= 0.6 is 0 Å². The van der Waals surface area contributed by atoms with Crippen LogP contribution in [0.2, 0.25) is 0 Å². The first-order chi connectivity index (χ1) is 14.9. The first kappa shape index (κ1) is 20.4. The smallest absolute Gasteiger partial charge is 0.243 e. The van der Waals surface area contributed by atoms with Crippen LogP contribution in [-0.2, 0) is 14.8 Å². The van der Waals surface area contributed by atoms with Crippen LogP contribution in [0.5, 0.6) is 0 Å². The molecule has 0 aromatic heterocycles. The molecular weight excluding hydrogens is 412 g/mol. The number of morpholine rings is 1. The molecule has 5 rings (SSSR count). The maximum absolute atomic E-state index is 12.9. The Balaban J connectivity index is 1.44. The number of nitrogens with zero attached hydrogens (tertiary/aromatic N) is 1. The third-order valence-electron chi connectivity index (χ3n) is 6.62. The Hall–Kier alpha value is -2.48. The summed E-state index contributed by atoms with van der Waals surface area (Å²) in [5.74, 6) is 0.647. The monoisotopic (exact) mass is 438 g/mol. The number of nitrogens with one attached hydrogen (secondary N) is 1. The average molecular weight is 439 g/mol. The summed E-state index contributed by atoms with van der Waals surface area (Å²) in [4.78, 5) is 12.2. The number of ketones is 1. The summed E-state index contributed by atoms with van der Waals surface area (Å²) in [6.07, 6.45) is 5.38. The average Bonchev–Trinajstić information content (AvgIpc) is 3.29. The molecule has 31 heavy (non-hydrogen) atoms. The van der Waals surface area contributed by atoms with Crippen molar-refractivity contribution < 1.29 is 17.9 Å². The van der Waals surface area contributed by atoms with E-state index in [0.29, 0.717) is 37.1 Å². The number of Topliss-reactive ketones (excluding diaryl/α,β-unsaturated/α-hetero) is 1. The van der Waals surface area contributed by atoms with Gasteiger partial charge in [0, 0.05) is 30.3 Å². The SMILES string of the molecule is CC(=O)c1ccc2c(c1)[C@@H]1C=CC[C@@H]1[C@H](c1ccc(S(=O)(=O)N3CCOCC3)cc1)N2. The molecule has 2 aliphatic heterocycles. The lowest BCUT2D eigenvalue weighted by Crippen LogP contribution is -2.40. The van der Waals surface area contributed by atoms with Crippen molar-refractivity contribution >= 4 is 21.5 Å². The molecule has 3 aliphatic rings. The van der Waals surface area contributed by atoms with E-state index in [1.54, 1.807) is 19.1 Å². The molecule has 1 N–H and O–H groups in total. The summed E-state index contributed by atoms with van der Waals surface area (Å²) >= 11 is 0. The number of carbonyl (C=O) groups excluding carboxylic acids is 1. The molecule has 1 fully saturated rings. The van der Waals surface area contributed by atoms with Crippen LogP contribution in [0.1, 0.15) is 46.8 Å². The molecule has 2 heterocycles. The molecule has 0 amide bonds. The number of hydrogen-bond acceptors (Lipinski definition) is 5. The van der Waals surface area contributed by atoms with Gasteiger partial charge in [-0.05, 0) is 60.7 Å². The highest BCUT2D eigenvalue weighted by Crippen LogP contribution is 2.50. The minimum Gasteiger partial charge on any atom is -0.379 e. The number of rotatable bonds is 4. The molecule has 1 aliphatic carbocycles. The molecule has 1 saturated heterocycles. The lowest BCUT2D eigenvalue weighted by atomic mass is 9.76. The quantitative estimate of drug-likeness (QED) is 0.581. The summed E-state index contributed by atoms with van der Waals surface area (Å²) in [6, 6.07) is 13.2. The Labute approximate surface area is 183 Å². The van der Waals surface area contributed by atoms with E-state index in [2.05, 4.69) is 17.5 Å². The number of allylic oxidation sites excluding steroid dienone is 2. The third-order valence-corrected chi connectivity index (χ3v) is 8.53. The molecule has 2 aromatic rings. The molecule has 0 saturated carbocycles. The third kappa shape index (κ3) is 3.60. The van der Waals surface area contributed by atoms with Gasteiger partial charge in [-0.3, -0.25) is 4.79 Å². The molecule has 162 valence electrons. The van der Waals surface area contributed by atoms with Gasteiger partial charge in [-0.25, -0.2) is 8.42 Å². The van der Waals surface area contributed by atoms with Crippen LogP contribution in [0, 0.1) is 5.92 Å². The van der Waals surface area contributed by atoms with Gasteiger partial charge < -0.3 is 10.1 Å². The number of sulfonamides is 1.